The van der Waals surface area contributed by atoms with Gasteiger partial charge in [0.2, 0.25) is 0 Å². The first kappa shape index (κ1) is 11.7. The van der Waals surface area contributed by atoms with Crippen LogP contribution in [0.15, 0.2) is 31.9 Å². The Morgan fingerprint density at radius 3 is 2.76 bits per heavy atom. The number of aromatic hydroxyl groups is 1. The number of phenols is 1. The van der Waals surface area contributed by atoms with Crippen molar-refractivity contribution in [2.24, 2.45) is 0 Å². The molecule has 0 amide bonds. The zero-order chi connectivity index (χ0) is 12.6. The molecule has 1 aromatic carbocycles. The van der Waals surface area contributed by atoms with E-state index in [1.165, 1.54) is 19.2 Å². The molecule has 17 heavy (non-hydrogen) atoms. The second kappa shape index (κ2) is 4.21. The third kappa shape index (κ3) is 2.03. The fraction of sp³-hybridized carbons (Fsp3) is 0.0909. The van der Waals surface area contributed by atoms with Gasteiger partial charge in [-0.05, 0) is 22.0 Å². The lowest BCUT2D eigenvalue weighted by molar-refractivity contribution is 0.0602. The van der Waals surface area contributed by atoms with Gasteiger partial charge in [0.05, 0.1) is 17.1 Å². The maximum atomic E-state index is 11.5. The highest BCUT2D eigenvalue weighted by Gasteiger charge is 2.15. The molecule has 1 aromatic heterocycles. The number of fused-ring (bicyclic) bond motifs is 1. The molecule has 0 radical (unpaired) electrons. The van der Waals surface area contributed by atoms with Crippen molar-refractivity contribution in [1.82, 2.24) is 0 Å². The van der Waals surface area contributed by atoms with Crippen molar-refractivity contribution in [3.63, 3.8) is 0 Å². The van der Waals surface area contributed by atoms with Gasteiger partial charge in [-0.3, -0.25) is 0 Å². The molecule has 0 bridgehead atoms. The van der Waals surface area contributed by atoms with Crippen LogP contribution in [0.3, 0.4) is 0 Å². The minimum Gasteiger partial charge on any atom is -0.507 e. The zero-order valence-corrected chi connectivity index (χ0v) is 10.3. The molecule has 0 fully saturated rings. The van der Waals surface area contributed by atoms with Crippen molar-refractivity contribution in [3.05, 3.63) is 38.7 Å². The lowest BCUT2D eigenvalue weighted by Gasteiger charge is -2.04. The summed E-state index contributed by atoms with van der Waals surface area (Å²) in [6.07, 6.45) is 0. The first-order valence-electron chi connectivity index (χ1n) is 4.57. The number of halogens is 1. The Morgan fingerprint density at radius 1 is 1.41 bits per heavy atom. The summed E-state index contributed by atoms with van der Waals surface area (Å²) >= 11 is 3.12. The van der Waals surface area contributed by atoms with Gasteiger partial charge in [-0.15, -0.1) is 0 Å². The molecular formula is C11H7BrO5. The van der Waals surface area contributed by atoms with Crippen molar-refractivity contribution in [3.8, 4) is 5.75 Å². The molecule has 0 atom stereocenters. The van der Waals surface area contributed by atoms with Crippen molar-refractivity contribution >= 4 is 32.9 Å². The topological polar surface area (TPSA) is 76.7 Å². The molecule has 1 heterocycles. The van der Waals surface area contributed by atoms with Gasteiger partial charge in [0, 0.05) is 17.5 Å². The number of hydrogen-bond donors (Lipinski definition) is 1. The lowest BCUT2D eigenvalue weighted by atomic mass is 10.1. The third-order valence-corrected chi connectivity index (χ3v) is 2.85. The molecule has 0 saturated carbocycles. The highest BCUT2D eigenvalue weighted by Crippen LogP contribution is 2.30. The van der Waals surface area contributed by atoms with Crippen LogP contribution in [0, 0.1) is 0 Å². The van der Waals surface area contributed by atoms with Gasteiger partial charge < -0.3 is 14.3 Å². The van der Waals surface area contributed by atoms with E-state index in [0.717, 1.165) is 6.07 Å². The summed E-state index contributed by atoms with van der Waals surface area (Å²) in [5.41, 5.74) is -0.460. The van der Waals surface area contributed by atoms with Gasteiger partial charge in [-0.1, -0.05) is 0 Å². The first-order chi connectivity index (χ1) is 8.02. The van der Waals surface area contributed by atoms with Gasteiger partial charge in [-0.2, -0.15) is 0 Å². The summed E-state index contributed by atoms with van der Waals surface area (Å²) in [4.78, 5) is 22.7. The standard InChI is InChI=1S/C11H7BrO5/c1-16-11(15)6-3-10(14)17-9-4-8(13)7(12)2-5(6)9/h2-4,13H,1H3. The number of benzene rings is 1. The van der Waals surface area contributed by atoms with Crippen LogP contribution in [0.5, 0.6) is 5.75 Å². The normalized spacial score (nSPS) is 10.5. The van der Waals surface area contributed by atoms with Crippen molar-refractivity contribution < 1.29 is 19.1 Å². The van der Waals surface area contributed by atoms with Gasteiger partial charge in [0.25, 0.3) is 0 Å². The largest absolute Gasteiger partial charge is 0.507 e. The van der Waals surface area contributed by atoms with E-state index in [1.54, 1.807) is 0 Å². The SMILES string of the molecule is COC(=O)c1cc(=O)oc2cc(O)c(Br)cc12. The summed E-state index contributed by atoms with van der Waals surface area (Å²) < 4.78 is 9.85. The smallest absolute Gasteiger partial charge is 0.338 e. The van der Waals surface area contributed by atoms with Crippen molar-refractivity contribution in [1.29, 1.82) is 0 Å². The molecule has 88 valence electrons. The maximum Gasteiger partial charge on any atom is 0.338 e. The molecule has 0 spiro atoms. The van der Waals surface area contributed by atoms with Crippen LogP contribution >= 0.6 is 15.9 Å². The highest BCUT2D eigenvalue weighted by molar-refractivity contribution is 9.10. The minimum absolute atomic E-state index is 0.0809. The minimum atomic E-state index is -0.681. The van der Waals surface area contributed by atoms with Gasteiger partial charge >= 0.3 is 11.6 Å². The number of hydrogen-bond acceptors (Lipinski definition) is 5. The number of esters is 1. The average Bonchev–Trinajstić information content (AvgIpc) is 2.29. The Kier molecular flexibility index (Phi) is 2.89. The Hall–Kier alpha value is -1.82. The lowest BCUT2D eigenvalue weighted by Crippen LogP contribution is -2.08. The monoisotopic (exact) mass is 298 g/mol. The summed E-state index contributed by atoms with van der Waals surface area (Å²) in [5, 5.41) is 9.86. The van der Waals surface area contributed by atoms with Crippen LogP contribution in [-0.4, -0.2) is 18.2 Å². The number of ether oxygens (including phenoxy) is 1. The van der Waals surface area contributed by atoms with Crippen molar-refractivity contribution in [2.45, 2.75) is 0 Å². The van der Waals surface area contributed by atoms with E-state index in [-0.39, 0.29) is 16.9 Å². The zero-order valence-electron chi connectivity index (χ0n) is 8.69. The number of carbonyl (C=O) groups is 1. The number of phenolic OH excluding ortho intramolecular Hbond substituents is 1. The first-order valence-corrected chi connectivity index (χ1v) is 5.37. The van der Waals surface area contributed by atoms with Crippen LogP contribution in [0.4, 0.5) is 0 Å². The maximum absolute atomic E-state index is 11.5. The van der Waals surface area contributed by atoms with E-state index in [1.807, 2.05) is 0 Å². The van der Waals surface area contributed by atoms with Gasteiger partial charge in [-0.25, -0.2) is 9.59 Å². The van der Waals surface area contributed by atoms with Crippen LogP contribution in [0.1, 0.15) is 10.4 Å². The van der Waals surface area contributed by atoms with Crippen LogP contribution in [0.25, 0.3) is 11.0 Å². The van der Waals surface area contributed by atoms with E-state index < -0.39 is 11.6 Å². The van der Waals surface area contributed by atoms with Crippen LogP contribution < -0.4 is 5.63 Å². The number of carbonyl (C=O) groups excluding carboxylic acids is 1. The number of methoxy groups -OCH3 is 1. The second-order valence-electron chi connectivity index (χ2n) is 3.27. The molecule has 0 aliphatic carbocycles. The van der Waals surface area contributed by atoms with Crippen LogP contribution in [0.2, 0.25) is 0 Å². The summed E-state index contributed by atoms with van der Waals surface area (Å²) in [6.45, 7) is 0. The van der Waals surface area contributed by atoms with Crippen LogP contribution in [-0.2, 0) is 4.74 Å². The second-order valence-corrected chi connectivity index (χ2v) is 4.12. The highest BCUT2D eigenvalue weighted by atomic mass is 79.9. The molecule has 2 rings (SSSR count). The van der Waals surface area contributed by atoms with E-state index in [2.05, 4.69) is 20.7 Å². The van der Waals surface area contributed by atoms with E-state index in [4.69, 9.17) is 4.42 Å². The van der Waals surface area contributed by atoms with E-state index in [9.17, 15) is 14.7 Å². The molecule has 0 aliphatic rings. The van der Waals surface area contributed by atoms with Gasteiger partial charge in [0.1, 0.15) is 11.3 Å². The quantitative estimate of drug-likeness (QED) is 0.644. The third-order valence-electron chi connectivity index (χ3n) is 2.22. The molecule has 0 aliphatic heterocycles. The Balaban J connectivity index is 2.88. The van der Waals surface area contributed by atoms with E-state index in [0.29, 0.717) is 9.86 Å². The fourth-order valence-electron chi connectivity index (χ4n) is 1.45. The summed E-state index contributed by atoms with van der Waals surface area (Å²) in [5.74, 6) is -0.719. The molecule has 1 N–H and O–H groups in total. The van der Waals surface area contributed by atoms with Gasteiger partial charge in [0.15, 0.2) is 0 Å². The Labute approximate surface area is 104 Å². The molecule has 2 aromatic rings. The molecule has 5 nitrogen and oxygen atoms in total. The Morgan fingerprint density at radius 2 is 2.12 bits per heavy atom. The molecular weight excluding hydrogens is 292 g/mol. The summed E-state index contributed by atoms with van der Waals surface area (Å²) in [6, 6.07) is 3.80. The summed E-state index contributed by atoms with van der Waals surface area (Å²) in [7, 11) is 1.22. The van der Waals surface area contributed by atoms with Crippen molar-refractivity contribution in [2.75, 3.05) is 7.11 Å². The Bertz CT molecular complexity index is 659. The average molecular weight is 299 g/mol. The molecule has 6 heteroatoms. The number of rotatable bonds is 1. The fourth-order valence-corrected chi connectivity index (χ4v) is 1.79. The molecule has 0 unspecified atom stereocenters. The molecule has 0 saturated heterocycles. The predicted molar refractivity (Wildman–Crippen MR) is 63.2 cm³/mol. The predicted octanol–water partition coefficient (Wildman–Crippen LogP) is 2.05. The van der Waals surface area contributed by atoms with E-state index >= 15 is 0 Å².